The van der Waals surface area contributed by atoms with E-state index in [1.807, 2.05) is 18.2 Å². The van der Waals surface area contributed by atoms with Crippen molar-refractivity contribution in [3.8, 4) is 6.07 Å². The van der Waals surface area contributed by atoms with Crippen molar-refractivity contribution in [2.24, 2.45) is 11.1 Å². The first-order valence-electron chi connectivity index (χ1n) is 7.88. The molecular weight excluding hydrogens is 314 g/mol. The fraction of sp³-hybridized carbons (Fsp3) is 0.529. The van der Waals surface area contributed by atoms with Gasteiger partial charge in [-0.15, -0.1) is 0 Å². The molecule has 4 atom stereocenters. The molecule has 23 heavy (non-hydrogen) atoms. The Labute approximate surface area is 140 Å². The highest BCUT2D eigenvalue weighted by atomic mass is 35.5. The molecule has 2 aliphatic rings. The summed E-state index contributed by atoms with van der Waals surface area (Å²) in [7, 11) is 0. The van der Waals surface area contributed by atoms with Crippen LogP contribution in [0.5, 0.6) is 0 Å². The minimum atomic E-state index is -0.933. The molecule has 122 valence electrons. The van der Waals surface area contributed by atoms with Crippen LogP contribution in [-0.2, 0) is 4.79 Å². The van der Waals surface area contributed by atoms with Gasteiger partial charge in [0.05, 0.1) is 30.8 Å². The number of aliphatic hydroxyl groups is 1. The number of rotatable bonds is 2. The Balaban J connectivity index is 2.04. The average molecular weight is 334 g/mol. The van der Waals surface area contributed by atoms with Gasteiger partial charge < -0.3 is 15.7 Å². The van der Waals surface area contributed by atoms with Gasteiger partial charge in [-0.1, -0.05) is 23.7 Å². The van der Waals surface area contributed by atoms with Gasteiger partial charge in [-0.25, -0.2) is 0 Å². The molecule has 3 rings (SSSR count). The summed E-state index contributed by atoms with van der Waals surface area (Å²) >= 11 is 6.09. The van der Waals surface area contributed by atoms with E-state index in [2.05, 4.69) is 6.07 Å². The summed E-state index contributed by atoms with van der Waals surface area (Å²) in [6, 6.07) is 8.65. The SMILES string of the molecule is N#C[C@@]1(CO)CC[C@@H](N)C(=O)N2C1CC[C@H]2c1cccc(Cl)c1. The van der Waals surface area contributed by atoms with Gasteiger partial charge in [0.15, 0.2) is 0 Å². The Kier molecular flexibility index (Phi) is 4.33. The Morgan fingerprint density at radius 3 is 2.87 bits per heavy atom. The average Bonchev–Trinajstić information content (AvgIpc) is 2.97. The summed E-state index contributed by atoms with van der Waals surface area (Å²) in [4.78, 5) is 14.5. The number of hydrogen-bond donors (Lipinski definition) is 2. The van der Waals surface area contributed by atoms with Gasteiger partial charge in [-0.2, -0.15) is 5.26 Å². The van der Waals surface area contributed by atoms with Crippen molar-refractivity contribution in [1.82, 2.24) is 4.90 Å². The zero-order valence-electron chi connectivity index (χ0n) is 12.8. The summed E-state index contributed by atoms with van der Waals surface area (Å²) < 4.78 is 0. The fourth-order valence-electron chi connectivity index (χ4n) is 3.95. The quantitative estimate of drug-likeness (QED) is 0.866. The maximum Gasteiger partial charge on any atom is 0.240 e. The van der Waals surface area contributed by atoms with Crippen LogP contribution >= 0.6 is 11.6 Å². The second-order valence-electron chi connectivity index (χ2n) is 6.48. The number of amides is 1. The van der Waals surface area contributed by atoms with Crippen molar-refractivity contribution < 1.29 is 9.90 Å². The summed E-state index contributed by atoms with van der Waals surface area (Å²) in [6.45, 7) is -0.257. The van der Waals surface area contributed by atoms with E-state index in [0.29, 0.717) is 24.3 Å². The molecule has 2 aliphatic heterocycles. The van der Waals surface area contributed by atoms with Crippen LogP contribution in [0, 0.1) is 16.7 Å². The predicted molar refractivity (Wildman–Crippen MR) is 86.4 cm³/mol. The molecule has 0 saturated carbocycles. The number of fused-ring (bicyclic) bond motifs is 1. The summed E-state index contributed by atoms with van der Waals surface area (Å²) in [5.41, 5.74) is 6.04. The Hall–Kier alpha value is -1.61. The molecule has 0 spiro atoms. The van der Waals surface area contributed by atoms with E-state index in [4.69, 9.17) is 17.3 Å². The van der Waals surface area contributed by atoms with Gasteiger partial charge >= 0.3 is 0 Å². The molecule has 1 aromatic rings. The van der Waals surface area contributed by atoms with Crippen molar-refractivity contribution >= 4 is 17.5 Å². The molecule has 0 aliphatic carbocycles. The first-order valence-corrected chi connectivity index (χ1v) is 8.25. The van der Waals surface area contributed by atoms with Crippen LogP contribution in [0.25, 0.3) is 0 Å². The number of aliphatic hydroxyl groups excluding tert-OH is 1. The van der Waals surface area contributed by atoms with Gasteiger partial charge in [-0.3, -0.25) is 4.79 Å². The van der Waals surface area contributed by atoms with Crippen LogP contribution in [0.15, 0.2) is 24.3 Å². The van der Waals surface area contributed by atoms with E-state index in [1.165, 1.54) is 0 Å². The smallest absolute Gasteiger partial charge is 0.240 e. The Morgan fingerprint density at radius 2 is 2.22 bits per heavy atom. The van der Waals surface area contributed by atoms with E-state index in [-0.39, 0.29) is 24.6 Å². The second-order valence-corrected chi connectivity index (χ2v) is 6.92. The van der Waals surface area contributed by atoms with Crippen molar-refractivity contribution in [3.05, 3.63) is 34.9 Å². The molecule has 1 unspecified atom stereocenters. The molecule has 5 nitrogen and oxygen atoms in total. The zero-order valence-corrected chi connectivity index (χ0v) is 13.5. The third kappa shape index (κ3) is 2.61. The number of halogens is 1. The minimum Gasteiger partial charge on any atom is -0.395 e. The van der Waals surface area contributed by atoms with Crippen molar-refractivity contribution in [2.75, 3.05) is 6.61 Å². The van der Waals surface area contributed by atoms with E-state index in [0.717, 1.165) is 12.0 Å². The molecule has 2 fully saturated rings. The van der Waals surface area contributed by atoms with Crippen LogP contribution < -0.4 is 5.73 Å². The number of nitriles is 1. The Bertz CT molecular complexity index is 659. The highest BCUT2D eigenvalue weighted by Crippen LogP contribution is 2.47. The minimum absolute atomic E-state index is 0.136. The maximum atomic E-state index is 12.8. The number of nitrogens with two attached hydrogens (primary N) is 1. The van der Waals surface area contributed by atoms with E-state index in [9.17, 15) is 15.2 Å². The molecular formula is C17H20ClN3O2. The van der Waals surface area contributed by atoms with Crippen LogP contribution in [0.2, 0.25) is 5.02 Å². The van der Waals surface area contributed by atoms with Gasteiger partial charge in [0.25, 0.3) is 0 Å². The molecule has 3 N–H and O–H groups in total. The third-order valence-corrected chi connectivity index (χ3v) is 5.47. The number of nitrogens with zero attached hydrogens (tertiary/aromatic N) is 2. The number of carbonyl (C=O) groups excluding carboxylic acids is 1. The van der Waals surface area contributed by atoms with Crippen molar-refractivity contribution in [3.63, 3.8) is 0 Å². The molecule has 2 heterocycles. The normalized spacial score (nSPS) is 33.9. The van der Waals surface area contributed by atoms with Crippen LogP contribution in [0.3, 0.4) is 0 Å². The highest BCUT2D eigenvalue weighted by Gasteiger charge is 2.52. The van der Waals surface area contributed by atoms with Crippen molar-refractivity contribution in [1.29, 1.82) is 5.26 Å². The lowest BCUT2D eigenvalue weighted by molar-refractivity contribution is -0.136. The topological polar surface area (TPSA) is 90.3 Å². The Morgan fingerprint density at radius 1 is 1.43 bits per heavy atom. The lowest BCUT2D eigenvalue weighted by Gasteiger charge is -2.37. The molecule has 0 aromatic heterocycles. The summed E-state index contributed by atoms with van der Waals surface area (Å²) in [5.74, 6) is -0.136. The molecule has 0 radical (unpaired) electrons. The first kappa shape index (κ1) is 16.3. The van der Waals surface area contributed by atoms with Crippen LogP contribution in [-0.4, -0.2) is 34.6 Å². The van der Waals surface area contributed by atoms with E-state index < -0.39 is 11.5 Å². The second kappa shape index (κ2) is 6.12. The fourth-order valence-corrected chi connectivity index (χ4v) is 4.15. The van der Waals surface area contributed by atoms with E-state index in [1.54, 1.807) is 11.0 Å². The van der Waals surface area contributed by atoms with Gasteiger partial charge in [0.1, 0.15) is 5.41 Å². The van der Waals surface area contributed by atoms with E-state index >= 15 is 0 Å². The number of benzene rings is 1. The molecule has 2 saturated heterocycles. The zero-order chi connectivity index (χ0) is 16.6. The molecule has 1 amide bonds. The van der Waals surface area contributed by atoms with Gasteiger partial charge in [-0.05, 0) is 43.4 Å². The number of carbonyl (C=O) groups is 1. The van der Waals surface area contributed by atoms with Crippen LogP contribution in [0.1, 0.15) is 37.3 Å². The summed E-state index contributed by atoms with van der Waals surface area (Å²) in [5, 5.41) is 20.2. The van der Waals surface area contributed by atoms with Gasteiger partial charge in [0, 0.05) is 5.02 Å². The molecule has 6 heteroatoms. The van der Waals surface area contributed by atoms with Gasteiger partial charge in [0.2, 0.25) is 5.91 Å². The third-order valence-electron chi connectivity index (χ3n) is 5.23. The van der Waals surface area contributed by atoms with Crippen molar-refractivity contribution in [2.45, 2.75) is 43.8 Å². The molecule has 0 bridgehead atoms. The lowest BCUT2D eigenvalue weighted by atomic mass is 9.77. The maximum absolute atomic E-state index is 12.8. The summed E-state index contributed by atoms with van der Waals surface area (Å²) in [6.07, 6.45) is 2.29. The van der Waals surface area contributed by atoms with Crippen LogP contribution in [0.4, 0.5) is 0 Å². The lowest BCUT2D eigenvalue weighted by Crippen LogP contribution is -2.49. The highest BCUT2D eigenvalue weighted by molar-refractivity contribution is 6.30. The molecule has 1 aromatic carbocycles. The number of hydrogen-bond acceptors (Lipinski definition) is 4. The largest absolute Gasteiger partial charge is 0.395 e. The first-order chi connectivity index (χ1) is 11.0. The standard InChI is InChI=1S/C17H20ClN3O2/c18-12-3-1-2-11(8-12)14-4-5-15-17(9-19,10-22)7-6-13(20)16(23)21(14)15/h1-3,8,13-15,22H,4-7,10,20H2/t13-,14+,15?,17-/m1/s1. The predicted octanol–water partition coefficient (Wildman–Crippen LogP) is 2.00. The monoisotopic (exact) mass is 333 g/mol.